The molecule has 200 valence electrons. The Labute approximate surface area is 256 Å². The van der Waals surface area contributed by atoms with E-state index in [9.17, 15) is 4.79 Å². The fraction of sp³-hybridized carbons (Fsp3) is 0. The zero-order chi connectivity index (χ0) is 28.7. The zero-order valence-corrected chi connectivity index (χ0v) is 25.1. The van der Waals surface area contributed by atoms with Gasteiger partial charge in [-0.25, -0.2) is 0 Å². The molecule has 0 radical (unpaired) electrons. The number of thiocarbonyl (C=S) groups is 2. The Hall–Kier alpha value is -4.27. The second-order valence-corrected chi connectivity index (χ2v) is 14.4. The molecule has 5 aromatic rings. The van der Waals surface area contributed by atoms with Crippen molar-refractivity contribution in [1.82, 2.24) is 0 Å². The van der Waals surface area contributed by atoms with Crippen LogP contribution in [0.1, 0.15) is 11.1 Å². The molecule has 0 N–H and O–H groups in total. The van der Waals surface area contributed by atoms with Crippen LogP contribution in [0.15, 0.2) is 163 Å². The first-order chi connectivity index (χ1) is 20.6. The van der Waals surface area contributed by atoms with Crippen molar-refractivity contribution in [2.45, 2.75) is 0 Å². The molecule has 0 bridgehead atoms. The molecule has 2 aliphatic carbocycles. The van der Waals surface area contributed by atoms with E-state index in [1.807, 2.05) is 66.7 Å². The lowest BCUT2D eigenvalue weighted by Gasteiger charge is -2.41. The summed E-state index contributed by atoms with van der Waals surface area (Å²) in [4.78, 5) is 15.4. The molecule has 0 aliphatic heterocycles. The Morgan fingerprint density at radius 1 is 0.381 bits per heavy atom. The Morgan fingerprint density at radius 3 is 1.10 bits per heavy atom. The van der Waals surface area contributed by atoms with Crippen molar-refractivity contribution in [3.05, 3.63) is 174 Å². The molecule has 1 nitrogen and oxygen atoms in total. The molecule has 7 rings (SSSR count). The molecule has 0 unspecified atom stereocenters. The fourth-order valence-electron chi connectivity index (χ4n) is 6.13. The maximum Gasteiger partial charge on any atom is 0.195 e. The summed E-state index contributed by atoms with van der Waals surface area (Å²) in [5.74, 6) is 0.00173. The predicted octanol–water partition coefficient (Wildman–Crippen LogP) is 7.40. The molecule has 0 atom stereocenters. The highest BCUT2D eigenvalue weighted by Gasteiger charge is 2.47. The van der Waals surface area contributed by atoms with Crippen molar-refractivity contribution in [3.63, 3.8) is 0 Å². The molecular formula is C38H25OPS2. The standard InChI is InChI=1S/C38H25OPS2/c39-35-32(27-18-8-2-9-19-27)31(26-16-6-1-7-17-26)33(35)34-37(41)36(38(34)42)40(28-20-10-3-11-21-28,29-22-12-4-13-23-29)30-24-14-5-15-25-30/h1-25H. The van der Waals surface area contributed by atoms with E-state index in [1.54, 1.807) is 0 Å². The minimum Gasteiger partial charge on any atom is -0.289 e. The van der Waals surface area contributed by atoms with Crippen molar-refractivity contribution < 1.29 is 4.79 Å². The number of rotatable bonds is 5. The van der Waals surface area contributed by atoms with E-state index in [2.05, 4.69) is 84.9 Å². The number of carbonyl (C=O) groups excluding carboxylic acids is 1. The third-order valence-electron chi connectivity index (χ3n) is 7.98. The van der Waals surface area contributed by atoms with Gasteiger partial charge in [-0.05, 0) is 33.9 Å². The van der Waals surface area contributed by atoms with Crippen LogP contribution in [0.25, 0.3) is 11.1 Å². The quantitative estimate of drug-likeness (QED) is 0.120. The van der Waals surface area contributed by atoms with E-state index < -0.39 is 6.89 Å². The number of benzene rings is 5. The average Bonchev–Trinajstić information content (AvgIpc) is 3.06. The SMILES string of the molecule is O=C1C(=C2C(=S)C(=P(c3ccccc3)(c3ccccc3)c3ccccc3)C2=S)C(c2ccccc2)=C1c1ccccc1. The highest BCUT2D eigenvalue weighted by molar-refractivity contribution is 8.04. The van der Waals surface area contributed by atoms with Gasteiger partial charge in [-0.15, -0.1) is 0 Å². The number of ketones is 1. The maximum absolute atomic E-state index is 14.0. The van der Waals surface area contributed by atoms with Crippen LogP contribution in [0.4, 0.5) is 0 Å². The smallest absolute Gasteiger partial charge is 0.195 e. The average molecular weight is 593 g/mol. The molecule has 4 heteroatoms. The highest BCUT2D eigenvalue weighted by atomic mass is 32.1. The van der Waals surface area contributed by atoms with Gasteiger partial charge in [-0.2, -0.15) is 0 Å². The lowest BCUT2D eigenvalue weighted by atomic mass is 9.69. The topological polar surface area (TPSA) is 17.1 Å². The summed E-state index contributed by atoms with van der Waals surface area (Å²) in [6, 6.07) is 51.7. The van der Waals surface area contributed by atoms with Crippen LogP contribution in [0.3, 0.4) is 0 Å². The Kier molecular flexibility index (Phi) is 6.88. The van der Waals surface area contributed by atoms with Crippen LogP contribution in [0, 0.1) is 0 Å². The highest BCUT2D eigenvalue weighted by Crippen LogP contribution is 2.53. The first kappa shape index (κ1) is 26.6. The summed E-state index contributed by atoms with van der Waals surface area (Å²) < 4.78 is 0. The maximum atomic E-state index is 14.0. The molecule has 0 spiro atoms. The predicted molar refractivity (Wildman–Crippen MR) is 187 cm³/mol. The lowest BCUT2D eigenvalue weighted by Crippen LogP contribution is -2.47. The number of hydrogen-bond acceptors (Lipinski definition) is 3. The molecule has 5 aromatic carbocycles. The first-order valence-corrected chi connectivity index (χ1v) is 16.4. The Morgan fingerprint density at radius 2 is 0.714 bits per heavy atom. The zero-order valence-electron chi connectivity index (χ0n) is 22.6. The number of allylic oxidation sites excluding steroid dienone is 4. The van der Waals surface area contributed by atoms with Crippen molar-refractivity contribution in [1.29, 1.82) is 0 Å². The summed E-state index contributed by atoms with van der Waals surface area (Å²) in [6.45, 7) is -2.45. The van der Waals surface area contributed by atoms with Gasteiger partial charge in [0, 0.05) is 27.6 Å². The molecule has 2 aliphatic rings. The number of Topliss-reactive ketones (excluding diaryl/α,β-unsaturated/α-hetero) is 1. The molecule has 0 amide bonds. The van der Waals surface area contributed by atoms with Crippen LogP contribution in [-0.4, -0.2) is 20.8 Å². The van der Waals surface area contributed by atoms with E-state index in [1.165, 1.54) is 15.9 Å². The Balaban J connectivity index is 1.54. The van der Waals surface area contributed by atoms with E-state index in [4.69, 9.17) is 24.4 Å². The van der Waals surface area contributed by atoms with Gasteiger partial charge in [-0.1, -0.05) is 176 Å². The van der Waals surface area contributed by atoms with Crippen LogP contribution < -0.4 is 15.9 Å². The summed E-state index contributed by atoms with van der Waals surface area (Å²) in [7, 11) is 0. The number of carbonyl (C=O) groups is 1. The van der Waals surface area contributed by atoms with E-state index in [0.29, 0.717) is 15.3 Å². The minimum absolute atomic E-state index is 0.00173. The molecule has 42 heavy (non-hydrogen) atoms. The molecule has 1 fully saturated rings. The van der Waals surface area contributed by atoms with Crippen LogP contribution >= 0.6 is 31.3 Å². The summed E-state index contributed by atoms with van der Waals surface area (Å²) in [5, 5.41) is 4.58. The molecule has 1 saturated carbocycles. The monoisotopic (exact) mass is 592 g/mol. The van der Waals surface area contributed by atoms with Gasteiger partial charge in [0.1, 0.15) is 0 Å². The minimum atomic E-state index is -2.45. The van der Waals surface area contributed by atoms with Gasteiger partial charge in [0.15, 0.2) is 5.78 Å². The van der Waals surface area contributed by atoms with Crippen molar-refractivity contribution >= 4 is 79.2 Å². The Bertz CT molecular complexity index is 1870. The van der Waals surface area contributed by atoms with E-state index in [0.717, 1.165) is 33.1 Å². The molecule has 0 heterocycles. The van der Waals surface area contributed by atoms with E-state index in [-0.39, 0.29) is 5.78 Å². The van der Waals surface area contributed by atoms with Crippen molar-refractivity contribution in [3.8, 4) is 0 Å². The van der Waals surface area contributed by atoms with Gasteiger partial charge < -0.3 is 0 Å². The van der Waals surface area contributed by atoms with Crippen LogP contribution in [-0.2, 0) is 4.79 Å². The number of hydrogen-bond donors (Lipinski definition) is 0. The fourth-order valence-corrected chi connectivity index (χ4v) is 12.1. The molecule has 0 saturated heterocycles. The second kappa shape index (κ2) is 10.9. The summed E-state index contributed by atoms with van der Waals surface area (Å²) >= 11 is 12.6. The largest absolute Gasteiger partial charge is 0.289 e. The van der Waals surface area contributed by atoms with Crippen LogP contribution in [0.5, 0.6) is 0 Å². The van der Waals surface area contributed by atoms with Crippen LogP contribution in [0.2, 0.25) is 0 Å². The molecule has 0 aromatic heterocycles. The van der Waals surface area contributed by atoms with Gasteiger partial charge in [-0.3, -0.25) is 4.79 Å². The second-order valence-electron chi connectivity index (χ2n) is 10.2. The van der Waals surface area contributed by atoms with Crippen molar-refractivity contribution in [2.24, 2.45) is 0 Å². The van der Waals surface area contributed by atoms with Gasteiger partial charge >= 0.3 is 0 Å². The van der Waals surface area contributed by atoms with Gasteiger partial charge in [0.05, 0.1) is 9.73 Å². The van der Waals surface area contributed by atoms with Gasteiger partial charge in [0.2, 0.25) is 0 Å². The van der Waals surface area contributed by atoms with Gasteiger partial charge in [0.25, 0.3) is 0 Å². The first-order valence-electron chi connectivity index (χ1n) is 13.8. The van der Waals surface area contributed by atoms with Crippen molar-refractivity contribution in [2.75, 3.05) is 0 Å². The molecular weight excluding hydrogens is 568 g/mol. The third-order valence-corrected chi connectivity index (χ3v) is 13.4. The van der Waals surface area contributed by atoms with E-state index >= 15 is 0 Å². The summed E-state index contributed by atoms with van der Waals surface area (Å²) in [5.41, 5.74) is 4.93. The normalized spacial score (nSPS) is 15.0. The summed E-state index contributed by atoms with van der Waals surface area (Å²) in [6.07, 6.45) is 0. The lowest BCUT2D eigenvalue weighted by molar-refractivity contribution is -0.110. The third kappa shape index (κ3) is 4.01.